The normalized spacial score (nSPS) is 28.4. The highest BCUT2D eigenvalue weighted by atomic mass is 16.5. The van der Waals surface area contributed by atoms with Gasteiger partial charge in [-0.25, -0.2) is 4.79 Å². The summed E-state index contributed by atoms with van der Waals surface area (Å²) in [6.45, 7) is 13.3. The summed E-state index contributed by atoms with van der Waals surface area (Å²) >= 11 is 0. The van der Waals surface area contributed by atoms with E-state index in [1.807, 2.05) is 36.1 Å². The van der Waals surface area contributed by atoms with Crippen LogP contribution in [-0.2, 0) is 19.1 Å². The van der Waals surface area contributed by atoms with Gasteiger partial charge in [-0.1, -0.05) is 50.6 Å². The van der Waals surface area contributed by atoms with Gasteiger partial charge in [-0.3, -0.25) is 9.59 Å². The van der Waals surface area contributed by atoms with Crippen LogP contribution in [0.15, 0.2) is 35.5 Å². The number of nitrogens with zero attached hydrogens (tertiary/aromatic N) is 2. The summed E-state index contributed by atoms with van der Waals surface area (Å²) in [6.07, 6.45) is 3.26. The van der Waals surface area contributed by atoms with Gasteiger partial charge in [-0.2, -0.15) is 0 Å². The summed E-state index contributed by atoms with van der Waals surface area (Å²) in [6, 6.07) is 8.11. The molecule has 1 saturated carbocycles. The van der Waals surface area contributed by atoms with Crippen LogP contribution < -0.4 is 0 Å². The van der Waals surface area contributed by atoms with E-state index in [1.165, 1.54) is 4.90 Å². The Morgan fingerprint density at radius 1 is 1.15 bits per heavy atom. The van der Waals surface area contributed by atoms with Crippen LogP contribution in [0, 0.1) is 17.8 Å². The molecule has 2 bridgehead atoms. The number of amides is 2. The molecule has 0 radical (unpaired) electrons. The molecule has 34 heavy (non-hydrogen) atoms. The molecule has 1 aromatic carbocycles. The van der Waals surface area contributed by atoms with Crippen molar-refractivity contribution in [2.45, 2.75) is 79.2 Å². The van der Waals surface area contributed by atoms with Crippen molar-refractivity contribution in [1.82, 2.24) is 9.80 Å². The average Bonchev–Trinajstić information content (AvgIpc) is 2.99. The highest BCUT2D eigenvalue weighted by Crippen LogP contribution is 2.52. The largest absolute Gasteiger partial charge is 0.463 e. The molecular weight excluding hydrogens is 428 g/mol. The summed E-state index contributed by atoms with van der Waals surface area (Å²) < 4.78 is 5.38. The van der Waals surface area contributed by atoms with Crippen molar-refractivity contribution >= 4 is 17.8 Å². The Morgan fingerprint density at radius 3 is 2.56 bits per heavy atom. The fourth-order valence-corrected chi connectivity index (χ4v) is 6.83. The first-order chi connectivity index (χ1) is 15.9. The number of hydrogen-bond acceptors (Lipinski definition) is 4. The van der Waals surface area contributed by atoms with Crippen LogP contribution in [0.1, 0.15) is 77.3 Å². The van der Waals surface area contributed by atoms with Crippen LogP contribution in [0.25, 0.3) is 0 Å². The number of carbonyl (C=O) groups is 3. The quantitative estimate of drug-likeness (QED) is 0.596. The second-order valence-electron chi connectivity index (χ2n) is 11.6. The third-order valence-corrected chi connectivity index (χ3v) is 7.79. The van der Waals surface area contributed by atoms with Gasteiger partial charge in [0.05, 0.1) is 12.2 Å². The maximum Gasteiger partial charge on any atom is 0.336 e. The molecule has 6 nitrogen and oxygen atoms in total. The van der Waals surface area contributed by atoms with Crippen LogP contribution in [-0.4, -0.2) is 53.3 Å². The number of aryl methyl sites for hydroxylation is 1. The lowest BCUT2D eigenvalue weighted by molar-refractivity contribution is -0.143. The zero-order chi connectivity index (χ0) is 24.8. The zero-order valence-corrected chi connectivity index (χ0v) is 21.4. The second-order valence-corrected chi connectivity index (χ2v) is 11.6. The molecule has 3 atom stereocenters. The van der Waals surface area contributed by atoms with E-state index >= 15 is 0 Å². The highest BCUT2D eigenvalue weighted by Gasteiger charge is 2.51. The predicted molar refractivity (Wildman–Crippen MR) is 131 cm³/mol. The summed E-state index contributed by atoms with van der Waals surface area (Å²) in [5.41, 5.74) is 3.34. The van der Waals surface area contributed by atoms with Crippen LogP contribution in [0.5, 0.6) is 0 Å². The Labute approximate surface area is 203 Å². The van der Waals surface area contributed by atoms with Gasteiger partial charge in [0.1, 0.15) is 6.54 Å². The molecule has 1 aliphatic carbocycles. The van der Waals surface area contributed by atoms with Gasteiger partial charge in [0, 0.05) is 30.6 Å². The molecule has 1 aromatic rings. The van der Waals surface area contributed by atoms with E-state index in [1.54, 1.807) is 13.8 Å². The van der Waals surface area contributed by atoms with Crippen molar-refractivity contribution in [2.75, 3.05) is 19.7 Å². The van der Waals surface area contributed by atoms with Crippen LogP contribution >= 0.6 is 0 Å². The number of allylic oxidation sites excluding steroid dienone is 1. The molecule has 2 aliphatic heterocycles. The number of esters is 1. The van der Waals surface area contributed by atoms with Gasteiger partial charge in [-0.05, 0) is 56.4 Å². The molecular formula is C28H38N2O4. The Morgan fingerprint density at radius 2 is 1.88 bits per heavy atom. The molecule has 3 aliphatic rings. The minimum absolute atomic E-state index is 0.0267. The molecule has 4 rings (SSSR count). The molecule has 1 saturated heterocycles. The number of benzene rings is 1. The van der Waals surface area contributed by atoms with Gasteiger partial charge in [-0.15, -0.1) is 0 Å². The first-order valence-electron chi connectivity index (χ1n) is 12.5. The van der Waals surface area contributed by atoms with E-state index in [9.17, 15) is 14.4 Å². The minimum Gasteiger partial charge on any atom is -0.463 e. The molecule has 6 heteroatoms. The lowest BCUT2D eigenvalue weighted by Gasteiger charge is -2.39. The average molecular weight is 467 g/mol. The topological polar surface area (TPSA) is 66.9 Å². The lowest BCUT2D eigenvalue weighted by Crippen LogP contribution is -2.47. The predicted octanol–water partition coefficient (Wildman–Crippen LogP) is 4.58. The maximum absolute atomic E-state index is 13.5. The second kappa shape index (κ2) is 8.86. The number of rotatable bonds is 5. The van der Waals surface area contributed by atoms with Crippen molar-refractivity contribution in [3.8, 4) is 0 Å². The van der Waals surface area contributed by atoms with E-state index in [2.05, 4.69) is 20.8 Å². The summed E-state index contributed by atoms with van der Waals surface area (Å²) in [5, 5.41) is 0. The van der Waals surface area contributed by atoms with E-state index in [-0.39, 0.29) is 54.2 Å². The number of hydrogen-bond donors (Lipinski definition) is 0. The third kappa shape index (κ3) is 4.64. The van der Waals surface area contributed by atoms with E-state index in [0.29, 0.717) is 11.3 Å². The fourth-order valence-electron chi connectivity index (χ4n) is 6.83. The molecule has 184 valence electrons. The Balaban J connectivity index is 1.62. The van der Waals surface area contributed by atoms with Crippen molar-refractivity contribution < 1.29 is 19.1 Å². The lowest BCUT2D eigenvalue weighted by atomic mass is 9.65. The molecule has 0 N–H and O–H groups in total. The standard InChI is InChI=1S/C28H38N2O4/c1-7-34-26(33)25-19(3)29(23(31)12-22(25)20-10-8-9-18(2)11-20)15-24(32)30-17-28(6)14-21(30)13-27(4,5)16-28/h8-11,21-22H,7,12-17H2,1-6H3. The molecule has 2 amide bonds. The zero-order valence-electron chi connectivity index (χ0n) is 21.4. The van der Waals surface area contributed by atoms with Crippen molar-refractivity contribution in [2.24, 2.45) is 10.8 Å². The van der Waals surface area contributed by atoms with Gasteiger partial charge >= 0.3 is 5.97 Å². The fraction of sp³-hybridized carbons (Fsp3) is 0.607. The Bertz CT molecular complexity index is 1040. The van der Waals surface area contributed by atoms with Crippen LogP contribution in [0.2, 0.25) is 0 Å². The number of fused-ring (bicyclic) bond motifs is 2. The maximum atomic E-state index is 13.5. The third-order valence-electron chi connectivity index (χ3n) is 7.79. The molecule has 2 fully saturated rings. The van der Waals surface area contributed by atoms with Gasteiger partial charge < -0.3 is 14.5 Å². The summed E-state index contributed by atoms with van der Waals surface area (Å²) in [5.74, 6) is -0.943. The number of likely N-dealkylation sites (tertiary alicyclic amines) is 1. The van der Waals surface area contributed by atoms with Crippen LogP contribution in [0.3, 0.4) is 0 Å². The van der Waals surface area contributed by atoms with Crippen molar-refractivity contribution in [3.05, 3.63) is 46.7 Å². The summed E-state index contributed by atoms with van der Waals surface area (Å²) in [7, 11) is 0. The van der Waals surface area contributed by atoms with Gasteiger partial charge in [0.2, 0.25) is 11.8 Å². The smallest absolute Gasteiger partial charge is 0.336 e. The van der Waals surface area contributed by atoms with Gasteiger partial charge in [0.15, 0.2) is 0 Å². The van der Waals surface area contributed by atoms with E-state index in [0.717, 1.165) is 36.9 Å². The van der Waals surface area contributed by atoms with Gasteiger partial charge in [0.25, 0.3) is 0 Å². The van der Waals surface area contributed by atoms with Crippen LogP contribution in [0.4, 0.5) is 0 Å². The minimum atomic E-state index is -0.414. The molecule has 3 unspecified atom stereocenters. The molecule has 0 spiro atoms. The first kappa shape index (κ1) is 24.5. The monoisotopic (exact) mass is 466 g/mol. The SMILES string of the molecule is CCOC(=O)C1=C(C)N(CC(=O)N2CC3(C)CC2CC(C)(C)C3)C(=O)CC1c1cccc(C)c1. The van der Waals surface area contributed by atoms with E-state index in [4.69, 9.17) is 4.74 Å². The highest BCUT2D eigenvalue weighted by molar-refractivity contribution is 5.97. The Kier molecular flexibility index (Phi) is 6.38. The number of carbonyl (C=O) groups excluding carboxylic acids is 3. The first-order valence-corrected chi connectivity index (χ1v) is 12.5. The van der Waals surface area contributed by atoms with E-state index < -0.39 is 5.97 Å². The van der Waals surface area contributed by atoms with Crippen molar-refractivity contribution in [3.63, 3.8) is 0 Å². The number of ether oxygens (including phenoxy) is 1. The summed E-state index contributed by atoms with van der Waals surface area (Å²) in [4.78, 5) is 43.3. The van der Waals surface area contributed by atoms with Crippen molar-refractivity contribution in [1.29, 1.82) is 0 Å². The molecule has 2 heterocycles. The Hall–Kier alpha value is -2.63. The molecule has 0 aromatic heterocycles.